The molecular formula is C17H16BrNO2. The summed E-state index contributed by atoms with van der Waals surface area (Å²) in [5.74, 6) is 0.0239. The minimum absolute atomic E-state index is 0.122. The molecule has 0 aromatic heterocycles. The summed E-state index contributed by atoms with van der Waals surface area (Å²) in [6.45, 7) is 0. The maximum atomic E-state index is 12.1. The fourth-order valence-corrected chi connectivity index (χ4v) is 2.75. The zero-order chi connectivity index (χ0) is 14.8. The Morgan fingerprint density at radius 2 is 1.81 bits per heavy atom. The van der Waals surface area contributed by atoms with Gasteiger partial charge in [-0.15, -0.1) is 0 Å². The predicted molar refractivity (Wildman–Crippen MR) is 84.8 cm³/mol. The number of halogens is 1. The van der Waals surface area contributed by atoms with Crippen LogP contribution in [0.1, 0.15) is 29.6 Å². The molecule has 0 saturated heterocycles. The van der Waals surface area contributed by atoms with E-state index in [1.807, 2.05) is 30.3 Å². The molecule has 0 spiro atoms. The SMILES string of the molecule is O=C(NC1CC1c1ccc(Br)cc1)C(O)c1ccccc1. The standard InChI is InChI=1S/C17H16BrNO2/c18-13-8-6-11(7-9-13)14-10-15(14)19-17(21)16(20)12-4-2-1-3-5-12/h1-9,14-16,20H,10H2,(H,19,21). The van der Waals surface area contributed by atoms with Crippen molar-refractivity contribution in [3.05, 3.63) is 70.2 Å². The lowest BCUT2D eigenvalue weighted by molar-refractivity contribution is -0.129. The average molecular weight is 346 g/mol. The number of aliphatic hydroxyl groups excluding tert-OH is 1. The van der Waals surface area contributed by atoms with Crippen LogP contribution in [0.2, 0.25) is 0 Å². The number of carbonyl (C=O) groups excluding carboxylic acids is 1. The first-order valence-corrected chi connectivity index (χ1v) is 7.73. The van der Waals surface area contributed by atoms with Crippen molar-refractivity contribution in [2.45, 2.75) is 24.5 Å². The summed E-state index contributed by atoms with van der Waals surface area (Å²) in [7, 11) is 0. The minimum Gasteiger partial charge on any atom is -0.378 e. The fourth-order valence-electron chi connectivity index (χ4n) is 2.48. The van der Waals surface area contributed by atoms with E-state index >= 15 is 0 Å². The van der Waals surface area contributed by atoms with Crippen LogP contribution in [0.25, 0.3) is 0 Å². The van der Waals surface area contributed by atoms with Gasteiger partial charge in [-0.25, -0.2) is 0 Å². The largest absolute Gasteiger partial charge is 0.378 e. The van der Waals surface area contributed by atoms with E-state index < -0.39 is 6.10 Å². The van der Waals surface area contributed by atoms with Gasteiger partial charge in [-0.05, 0) is 29.7 Å². The van der Waals surface area contributed by atoms with Crippen molar-refractivity contribution < 1.29 is 9.90 Å². The normalized spacial score (nSPS) is 21.6. The number of aliphatic hydroxyl groups is 1. The van der Waals surface area contributed by atoms with Crippen molar-refractivity contribution in [3.8, 4) is 0 Å². The van der Waals surface area contributed by atoms with E-state index in [1.165, 1.54) is 5.56 Å². The van der Waals surface area contributed by atoms with Gasteiger partial charge in [-0.1, -0.05) is 58.4 Å². The third-order valence-corrected chi connectivity index (χ3v) is 4.31. The van der Waals surface area contributed by atoms with Crippen molar-refractivity contribution in [1.82, 2.24) is 5.32 Å². The highest BCUT2D eigenvalue weighted by molar-refractivity contribution is 9.10. The predicted octanol–water partition coefficient (Wildman–Crippen LogP) is 3.15. The lowest BCUT2D eigenvalue weighted by atomic mass is 10.1. The molecule has 1 aliphatic rings. The Labute approximate surface area is 132 Å². The summed E-state index contributed by atoms with van der Waals surface area (Å²) in [6.07, 6.45) is -0.174. The van der Waals surface area contributed by atoms with Crippen molar-refractivity contribution in [2.24, 2.45) is 0 Å². The maximum absolute atomic E-state index is 12.1. The second-order valence-electron chi connectivity index (χ2n) is 5.32. The molecule has 108 valence electrons. The minimum atomic E-state index is -1.10. The summed E-state index contributed by atoms with van der Waals surface area (Å²) in [6, 6.07) is 17.3. The highest BCUT2D eigenvalue weighted by atomic mass is 79.9. The van der Waals surface area contributed by atoms with Gasteiger partial charge in [-0.2, -0.15) is 0 Å². The number of hydrogen-bond donors (Lipinski definition) is 2. The van der Waals surface area contributed by atoms with Gasteiger partial charge in [0, 0.05) is 16.4 Å². The van der Waals surface area contributed by atoms with E-state index in [4.69, 9.17) is 0 Å². The van der Waals surface area contributed by atoms with Crippen LogP contribution < -0.4 is 5.32 Å². The van der Waals surface area contributed by atoms with E-state index in [0.29, 0.717) is 11.5 Å². The Morgan fingerprint density at radius 3 is 2.48 bits per heavy atom. The molecule has 1 saturated carbocycles. The highest BCUT2D eigenvalue weighted by Crippen LogP contribution is 2.41. The molecule has 2 N–H and O–H groups in total. The van der Waals surface area contributed by atoms with Gasteiger partial charge in [0.1, 0.15) is 0 Å². The number of hydrogen-bond acceptors (Lipinski definition) is 2. The molecule has 2 aromatic rings. The molecule has 21 heavy (non-hydrogen) atoms. The van der Waals surface area contributed by atoms with Crippen LogP contribution in [-0.2, 0) is 4.79 Å². The van der Waals surface area contributed by atoms with Gasteiger partial charge in [0.15, 0.2) is 6.10 Å². The Hall–Kier alpha value is -1.65. The van der Waals surface area contributed by atoms with Crippen LogP contribution in [0, 0.1) is 0 Å². The van der Waals surface area contributed by atoms with Gasteiger partial charge in [0.05, 0.1) is 0 Å². The average Bonchev–Trinajstić information content (AvgIpc) is 3.27. The number of carbonyl (C=O) groups is 1. The quantitative estimate of drug-likeness (QED) is 0.894. The summed E-state index contributed by atoms with van der Waals surface area (Å²) < 4.78 is 1.05. The highest BCUT2D eigenvalue weighted by Gasteiger charge is 2.40. The van der Waals surface area contributed by atoms with E-state index in [9.17, 15) is 9.90 Å². The van der Waals surface area contributed by atoms with Gasteiger partial charge < -0.3 is 10.4 Å². The van der Waals surface area contributed by atoms with Gasteiger partial charge in [0.25, 0.3) is 5.91 Å². The molecule has 4 heteroatoms. The first-order chi connectivity index (χ1) is 10.1. The molecule has 1 aliphatic carbocycles. The number of amides is 1. The number of nitrogens with one attached hydrogen (secondary N) is 1. The second-order valence-corrected chi connectivity index (χ2v) is 6.24. The van der Waals surface area contributed by atoms with E-state index in [2.05, 4.69) is 33.4 Å². The molecule has 3 unspecified atom stereocenters. The van der Waals surface area contributed by atoms with Crippen molar-refractivity contribution >= 4 is 21.8 Å². The Bertz CT molecular complexity index is 627. The smallest absolute Gasteiger partial charge is 0.253 e. The summed E-state index contributed by atoms with van der Waals surface area (Å²) in [4.78, 5) is 12.1. The molecule has 3 atom stereocenters. The molecule has 2 aromatic carbocycles. The van der Waals surface area contributed by atoms with Gasteiger partial charge >= 0.3 is 0 Å². The monoisotopic (exact) mass is 345 g/mol. The molecule has 1 amide bonds. The zero-order valence-electron chi connectivity index (χ0n) is 11.4. The molecule has 0 heterocycles. The second kappa shape index (κ2) is 6.00. The molecule has 3 rings (SSSR count). The van der Waals surface area contributed by atoms with Crippen LogP contribution in [0.3, 0.4) is 0 Å². The van der Waals surface area contributed by atoms with E-state index in [0.717, 1.165) is 10.9 Å². The first-order valence-electron chi connectivity index (χ1n) is 6.94. The number of benzene rings is 2. The first kappa shape index (κ1) is 14.3. The Morgan fingerprint density at radius 1 is 1.14 bits per heavy atom. The Kier molecular flexibility index (Phi) is 4.08. The van der Waals surface area contributed by atoms with Crippen LogP contribution >= 0.6 is 15.9 Å². The molecule has 0 radical (unpaired) electrons. The molecule has 3 nitrogen and oxygen atoms in total. The summed E-state index contributed by atoms with van der Waals surface area (Å²) in [5.41, 5.74) is 1.84. The third-order valence-electron chi connectivity index (χ3n) is 3.78. The molecule has 0 bridgehead atoms. The lowest BCUT2D eigenvalue weighted by Gasteiger charge is -2.11. The van der Waals surface area contributed by atoms with Crippen LogP contribution in [0.4, 0.5) is 0 Å². The molecular weight excluding hydrogens is 330 g/mol. The van der Waals surface area contributed by atoms with Crippen LogP contribution in [0.15, 0.2) is 59.1 Å². The summed E-state index contributed by atoms with van der Waals surface area (Å²) >= 11 is 3.41. The van der Waals surface area contributed by atoms with Crippen molar-refractivity contribution in [2.75, 3.05) is 0 Å². The van der Waals surface area contributed by atoms with Gasteiger partial charge in [0.2, 0.25) is 0 Å². The fraction of sp³-hybridized carbons (Fsp3) is 0.235. The van der Waals surface area contributed by atoms with Gasteiger partial charge in [-0.3, -0.25) is 4.79 Å². The van der Waals surface area contributed by atoms with Crippen molar-refractivity contribution in [1.29, 1.82) is 0 Å². The maximum Gasteiger partial charge on any atom is 0.253 e. The zero-order valence-corrected chi connectivity index (χ0v) is 13.0. The van der Waals surface area contributed by atoms with Crippen LogP contribution in [-0.4, -0.2) is 17.1 Å². The molecule has 1 fully saturated rings. The van der Waals surface area contributed by atoms with Crippen molar-refractivity contribution in [3.63, 3.8) is 0 Å². The number of rotatable bonds is 4. The summed E-state index contributed by atoms with van der Waals surface area (Å²) in [5, 5.41) is 13.0. The van der Waals surface area contributed by atoms with E-state index in [-0.39, 0.29) is 11.9 Å². The Balaban J connectivity index is 1.59. The van der Waals surface area contributed by atoms with Crippen LogP contribution in [0.5, 0.6) is 0 Å². The lowest BCUT2D eigenvalue weighted by Crippen LogP contribution is -2.31. The van der Waals surface area contributed by atoms with E-state index in [1.54, 1.807) is 12.1 Å². The molecule has 0 aliphatic heterocycles. The topological polar surface area (TPSA) is 49.3 Å². The third kappa shape index (κ3) is 3.34.